The smallest absolute Gasteiger partial charge is 0.388 e. The Morgan fingerprint density at radius 2 is 1.88 bits per heavy atom. The van der Waals surface area contributed by atoms with E-state index in [1.54, 1.807) is 0 Å². The Morgan fingerprint density at radius 1 is 1.35 bits per heavy atom. The molecule has 1 fully saturated rings. The van der Waals surface area contributed by atoms with E-state index in [1.165, 1.54) is 12.2 Å². The lowest BCUT2D eigenvalue weighted by Crippen LogP contribution is -2.62. The fourth-order valence-electron chi connectivity index (χ4n) is 1.46. The minimum absolute atomic E-state index is 1.15. The molecule has 5 nitrogen and oxygen atoms in total. The van der Waals surface area contributed by atoms with Crippen molar-refractivity contribution in [3.05, 3.63) is 0 Å². The molecule has 0 aromatic carbocycles. The number of ether oxygens (including phenoxy) is 1. The van der Waals surface area contributed by atoms with Crippen LogP contribution in [0.15, 0.2) is 0 Å². The molecule has 0 spiro atoms. The molecule has 0 aromatic rings. The summed E-state index contributed by atoms with van der Waals surface area (Å²) in [5, 5.41) is 19.7. The van der Waals surface area contributed by atoms with Gasteiger partial charge < -0.3 is 20.3 Å². The number of carbonyl (C=O) groups excluding carboxylic acids is 1. The summed E-state index contributed by atoms with van der Waals surface area (Å²) in [6.07, 6.45) is -12.5. The molecule has 0 unspecified atom stereocenters. The van der Waals surface area contributed by atoms with Gasteiger partial charge in [0.25, 0.3) is 0 Å². The summed E-state index contributed by atoms with van der Waals surface area (Å²) in [6, 6.07) is -1.58. The summed E-state index contributed by atoms with van der Waals surface area (Å²) in [4.78, 5) is 10.6. The van der Waals surface area contributed by atoms with Crippen molar-refractivity contribution in [2.75, 3.05) is 0 Å². The van der Waals surface area contributed by atoms with Crippen molar-refractivity contribution in [1.82, 2.24) is 5.32 Å². The zero-order valence-corrected chi connectivity index (χ0v) is 8.61. The highest BCUT2D eigenvalue weighted by molar-refractivity contribution is 5.82. The molecule has 1 aliphatic rings. The van der Waals surface area contributed by atoms with Gasteiger partial charge in [-0.15, -0.1) is 0 Å². The molecule has 0 saturated carbocycles. The van der Waals surface area contributed by atoms with E-state index in [1.807, 2.05) is 0 Å². The van der Waals surface area contributed by atoms with Crippen molar-refractivity contribution in [3.8, 4) is 0 Å². The quantitative estimate of drug-likeness (QED) is 0.554. The second kappa shape index (κ2) is 4.75. The van der Waals surface area contributed by atoms with Crippen molar-refractivity contribution in [2.24, 2.45) is 0 Å². The van der Waals surface area contributed by atoms with Crippen LogP contribution in [0.2, 0.25) is 0 Å². The molecule has 0 radical (unpaired) electrons. The number of hydrogen-bond acceptors (Lipinski definition) is 4. The molecule has 1 rings (SSSR count). The summed E-state index contributed by atoms with van der Waals surface area (Å²) in [7, 11) is 0. The summed E-state index contributed by atoms with van der Waals surface area (Å²) < 4.78 is 53.5. The van der Waals surface area contributed by atoms with Crippen LogP contribution >= 0.6 is 0 Å². The summed E-state index contributed by atoms with van der Waals surface area (Å²) >= 11 is 0. The fourth-order valence-corrected chi connectivity index (χ4v) is 1.46. The molecule has 9 heteroatoms. The first-order valence-corrected chi connectivity index (χ1v) is 4.68. The van der Waals surface area contributed by atoms with Crippen molar-refractivity contribution >= 4 is 5.91 Å². The van der Waals surface area contributed by atoms with Crippen LogP contribution in [-0.2, 0) is 9.53 Å². The van der Waals surface area contributed by atoms with Crippen molar-refractivity contribution in [1.29, 1.82) is 0 Å². The maximum absolute atomic E-state index is 13.1. The van der Waals surface area contributed by atoms with Crippen LogP contribution < -0.4 is 5.32 Å². The van der Waals surface area contributed by atoms with Gasteiger partial charge >= 0.3 is 12.1 Å². The first-order valence-electron chi connectivity index (χ1n) is 4.68. The number of amides is 1. The van der Waals surface area contributed by atoms with Crippen LogP contribution in [0.5, 0.6) is 0 Å². The maximum Gasteiger partial charge on any atom is 0.471 e. The van der Waals surface area contributed by atoms with Gasteiger partial charge in [-0.2, -0.15) is 13.2 Å². The lowest BCUT2D eigenvalue weighted by Gasteiger charge is -2.38. The van der Waals surface area contributed by atoms with E-state index in [-0.39, 0.29) is 0 Å². The van der Waals surface area contributed by atoms with Crippen LogP contribution in [0.3, 0.4) is 0 Å². The fraction of sp³-hybridized carbons (Fsp3) is 0.875. The number of aliphatic hydroxyl groups is 2. The zero-order chi connectivity index (χ0) is 13.4. The average molecular weight is 261 g/mol. The Bertz CT molecular complexity index is 298. The van der Waals surface area contributed by atoms with E-state index < -0.39 is 42.8 Å². The molecule has 1 aliphatic heterocycles. The number of carbonyl (C=O) groups is 1. The van der Waals surface area contributed by atoms with Gasteiger partial charge in [-0.25, -0.2) is 4.39 Å². The van der Waals surface area contributed by atoms with Gasteiger partial charge in [0.2, 0.25) is 0 Å². The Morgan fingerprint density at radius 3 is 2.35 bits per heavy atom. The van der Waals surface area contributed by atoms with Gasteiger partial charge in [0.15, 0.2) is 12.5 Å². The summed E-state index contributed by atoms with van der Waals surface area (Å²) in [5.74, 6) is -2.31. The maximum atomic E-state index is 13.1. The van der Waals surface area contributed by atoms with Crippen molar-refractivity contribution < 1.29 is 37.3 Å². The Kier molecular flexibility index (Phi) is 3.95. The monoisotopic (exact) mass is 261 g/mol. The molecule has 17 heavy (non-hydrogen) atoms. The van der Waals surface area contributed by atoms with Crippen LogP contribution in [0, 0.1) is 0 Å². The standard InChI is InChI=1S/C8H11F4NO4/c1-2-4(13-7(16)8(10,11)12)5(14)3(9)6(15)17-2/h2-6,14-15H,1H3,(H,13,16)/t2-,3-,4+,5-,6+/m1/s1. The third-order valence-corrected chi connectivity index (χ3v) is 2.38. The molecule has 5 atom stereocenters. The lowest BCUT2D eigenvalue weighted by atomic mass is 9.98. The van der Waals surface area contributed by atoms with Gasteiger partial charge in [0.05, 0.1) is 12.1 Å². The molecule has 3 N–H and O–H groups in total. The Balaban J connectivity index is 2.73. The third kappa shape index (κ3) is 3.05. The second-order valence-corrected chi connectivity index (χ2v) is 3.66. The molecule has 0 aromatic heterocycles. The van der Waals surface area contributed by atoms with E-state index in [0.717, 1.165) is 0 Å². The van der Waals surface area contributed by atoms with Crippen LogP contribution in [0.1, 0.15) is 6.92 Å². The predicted octanol–water partition coefficient (Wildman–Crippen LogP) is -0.530. The Hall–Kier alpha value is -0.930. The third-order valence-electron chi connectivity index (χ3n) is 2.38. The topological polar surface area (TPSA) is 78.8 Å². The molecule has 100 valence electrons. The van der Waals surface area contributed by atoms with E-state index in [9.17, 15) is 27.5 Å². The minimum atomic E-state index is -5.14. The number of aliphatic hydroxyl groups excluding tert-OH is 2. The highest BCUT2D eigenvalue weighted by Crippen LogP contribution is 2.23. The Labute approximate surface area is 93.4 Å². The SMILES string of the molecule is C[C@H]1O[C@H](O)[C@H](F)[C@@H](O)[C@H]1NC(=O)C(F)(F)F. The van der Waals surface area contributed by atoms with Gasteiger partial charge in [0.1, 0.15) is 6.10 Å². The first-order chi connectivity index (χ1) is 7.64. The van der Waals surface area contributed by atoms with Crippen LogP contribution in [0.4, 0.5) is 17.6 Å². The normalized spacial score (nSPS) is 38.9. The van der Waals surface area contributed by atoms with Gasteiger partial charge in [0, 0.05) is 0 Å². The summed E-state index contributed by atoms with van der Waals surface area (Å²) in [5.41, 5.74) is 0. The van der Waals surface area contributed by atoms with Gasteiger partial charge in [-0.1, -0.05) is 0 Å². The molecule has 1 amide bonds. The van der Waals surface area contributed by atoms with E-state index in [4.69, 9.17) is 5.11 Å². The van der Waals surface area contributed by atoms with Crippen molar-refractivity contribution in [3.63, 3.8) is 0 Å². The molecule has 0 aliphatic carbocycles. The number of nitrogens with one attached hydrogen (secondary N) is 1. The van der Waals surface area contributed by atoms with E-state index >= 15 is 0 Å². The highest BCUT2D eigenvalue weighted by Gasteiger charge is 2.47. The molecular formula is C8H11F4NO4. The largest absolute Gasteiger partial charge is 0.471 e. The first kappa shape index (κ1) is 14.1. The number of rotatable bonds is 1. The molecule has 0 bridgehead atoms. The molecule has 1 saturated heterocycles. The van der Waals surface area contributed by atoms with E-state index in [0.29, 0.717) is 0 Å². The van der Waals surface area contributed by atoms with Gasteiger partial charge in [-0.05, 0) is 6.92 Å². The van der Waals surface area contributed by atoms with E-state index in [2.05, 4.69) is 4.74 Å². The second-order valence-electron chi connectivity index (χ2n) is 3.66. The van der Waals surface area contributed by atoms with Gasteiger partial charge in [-0.3, -0.25) is 4.79 Å². The molecular weight excluding hydrogens is 250 g/mol. The number of halogens is 4. The lowest BCUT2D eigenvalue weighted by molar-refractivity contribution is -0.237. The number of hydrogen-bond donors (Lipinski definition) is 3. The highest BCUT2D eigenvalue weighted by atomic mass is 19.4. The molecule has 1 heterocycles. The van der Waals surface area contributed by atoms with Crippen LogP contribution in [0.25, 0.3) is 0 Å². The predicted molar refractivity (Wildman–Crippen MR) is 45.4 cm³/mol. The van der Waals surface area contributed by atoms with Crippen LogP contribution in [-0.4, -0.2) is 53.0 Å². The summed E-state index contributed by atoms with van der Waals surface area (Å²) in [6.45, 7) is 1.19. The average Bonchev–Trinajstić information content (AvgIpc) is 2.19. The number of alkyl halides is 4. The minimum Gasteiger partial charge on any atom is -0.388 e. The zero-order valence-electron chi connectivity index (χ0n) is 8.61. The van der Waals surface area contributed by atoms with Crippen molar-refractivity contribution in [2.45, 2.75) is 43.8 Å².